The summed E-state index contributed by atoms with van der Waals surface area (Å²) >= 11 is 0. The Kier molecular flexibility index (Phi) is 4.59. The second-order valence-electron chi connectivity index (χ2n) is 5.34. The van der Waals surface area contributed by atoms with Gasteiger partial charge in [0, 0.05) is 32.7 Å². The predicted octanol–water partition coefficient (Wildman–Crippen LogP) is -1.01. The number of hydrogen-bond donors (Lipinski definition) is 2. The molecule has 2 amide bonds. The summed E-state index contributed by atoms with van der Waals surface area (Å²) in [6, 6.07) is 0. The first kappa shape index (κ1) is 14.8. The van der Waals surface area contributed by atoms with E-state index in [0.29, 0.717) is 45.7 Å². The average molecular weight is 283 g/mol. The number of carboxylic acids is 1. The third kappa shape index (κ3) is 3.47. The Bertz CT molecular complexity index is 404. The van der Waals surface area contributed by atoms with Crippen LogP contribution in [-0.4, -0.2) is 72.0 Å². The van der Waals surface area contributed by atoms with Crippen LogP contribution in [0.25, 0.3) is 0 Å². The summed E-state index contributed by atoms with van der Waals surface area (Å²) in [6.45, 7) is 5.32. The van der Waals surface area contributed by atoms with Gasteiger partial charge in [-0.05, 0) is 13.3 Å². The quantitative estimate of drug-likeness (QED) is 0.674. The Morgan fingerprint density at radius 3 is 2.30 bits per heavy atom. The molecule has 112 valence electrons. The van der Waals surface area contributed by atoms with Crippen molar-refractivity contribution in [3.8, 4) is 0 Å². The number of hydrogen-bond acceptors (Lipinski definition) is 4. The number of carboxylic acid groups (broad SMARTS) is 1. The van der Waals surface area contributed by atoms with Crippen molar-refractivity contribution in [3.63, 3.8) is 0 Å². The van der Waals surface area contributed by atoms with Crippen LogP contribution < -0.4 is 5.32 Å². The van der Waals surface area contributed by atoms with Crippen molar-refractivity contribution in [3.05, 3.63) is 0 Å². The van der Waals surface area contributed by atoms with E-state index in [4.69, 9.17) is 5.11 Å². The van der Waals surface area contributed by atoms with E-state index in [1.54, 1.807) is 4.90 Å². The van der Waals surface area contributed by atoms with Crippen molar-refractivity contribution in [1.82, 2.24) is 15.1 Å². The van der Waals surface area contributed by atoms with Crippen molar-refractivity contribution in [2.75, 3.05) is 39.3 Å². The summed E-state index contributed by atoms with van der Waals surface area (Å²) in [5.41, 5.74) is 0. The summed E-state index contributed by atoms with van der Waals surface area (Å²) in [7, 11) is 0. The van der Waals surface area contributed by atoms with Crippen LogP contribution in [0, 0.1) is 11.8 Å². The molecule has 1 aliphatic heterocycles. The van der Waals surface area contributed by atoms with Gasteiger partial charge in [-0.3, -0.25) is 19.3 Å². The van der Waals surface area contributed by atoms with Gasteiger partial charge >= 0.3 is 5.97 Å². The van der Waals surface area contributed by atoms with E-state index in [0.717, 1.165) is 0 Å². The molecule has 0 radical (unpaired) electrons. The fourth-order valence-corrected chi connectivity index (χ4v) is 2.56. The molecule has 1 aliphatic carbocycles. The number of amides is 2. The number of likely N-dealkylation sites (N-methyl/N-ethyl adjacent to an activating group) is 1. The number of carbonyl (C=O) groups excluding carboxylic acids is 2. The largest absolute Gasteiger partial charge is 0.481 e. The molecule has 20 heavy (non-hydrogen) atoms. The third-order valence-corrected chi connectivity index (χ3v) is 3.85. The van der Waals surface area contributed by atoms with Gasteiger partial charge < -0.3 is 15.3 Å². The van der Waals surface area contributed by atoms with Crippen LogP contribution in [0.4, 0.5) is 0 Å². The van der Waals surface area contributed by atoms with Crippen LogP contribution in [0.15, 0.2) is 0 Å². The third-order valence-electron chi connectivity index (χ3n) is 3.85. The molecule has 2 N–H and O–H groups in total. The van der Waals surface area contributed by atoms with E-state index in [1.165, 1.54) is 0 Å². The van der Waals surface area contributed by atoms with Gasteiger partial charge in [0.1, 0.15) is 0 Å². The molecule has 2 fully saturated rings. The van der Waals surface area contributed by atoms with Gasteiger partial charge in [0.25, 0.3) is 0 Å². The van der Waals surface area contributed by atoms with E-state index < -0.39 is 11.9 Å². The molecule has 1 saturated heterocycles. The molecule has 2 atom stereocenters. The van der Waals surface area contributed by atoms with E-state index in [9.17, 15) is 14.4 Å². The summed E-state index contributed by atoms with van der Waals surface area (Å²) in [4.78, 5) is 38.0. The van der Waals surface area contributed by atoms with Crippen LogP contribution in [0.1, 0.15) is 13.3 Å². The Morgan fingerprint density at radius 2 is 1.80 bits per heavy atom. The maximum atomic E-state index is 12.1. The highest BCUT2D eigenvalue weighted by Gasteiger charge is 2.49. The smallest absolute Gasteiger partial charge is 0.307 e. The average Bonchev–Trinajstić information content (AvgIpc) is 3.19. The van der Waals surface area contributed by atoms with Crippen LogP contribution >= 0.6 is 0 Å². The van der Waals surface area contributed by atoms with E-state index in [-0.39, 0.29) is 17.7 Å². The molecule has 7 nitrogen and oxygen atoms in total. The SMILES string of the molecule is CCNC(=O)CN1CCN(C(=O)[C@@H]2C[C@@H]2C(=O)O)CC1. The van der Waals surface area contributed by atoms with Gasteiger partial charge in [0.15, 0.2) is 0 Å². The minimum Gasteiger partial charge on any atom is -0.481 e. The van der Waals surface area contributed by atoms with Crippen LogP contribution in [-0.2, 0) is 14.4 Å². The lowest BCUT2D eigenvalue weighted by molar-refractivity contribution is -0.142. The molecular formula is C13H21N3O4. The normalized spacial score (nSPS) is 26.1. The topological polar surface area (TPSA) is 90.0 Å². The van der Waals surface area contributed by atoms with Crippen molar-refractivity contribution in [2.45, 2.75) is 13.3 Å². The Hall–Kier alpha value is -1.63. The van der Waals surface area contributed by atoms with E-state index in [2.05, 4.69) is 5.32 Å². The van der Waals surface area contributed by atoms with Crippen LogP contribution in [0.3, 0.4) is 0 Å². The monoisotopic (exact) mass is 283 g/mol. The fraction of sp³-hybridized carbons (Fsp3) is 0.769. The van der Waals surface area contributed by atoms with Crippen molar-refractivity contribution in [2.24, 2.45) is 11.8 Å². The lowest BCUT2D eigenvalue weighted by Crippen LogP contribution is -2.51. The Labute approximate surface area is 117 Å². The molecule has 1 saturated carbocycles. The van der Waals surface area contributed by atoms with Crippen molar-refractivity contribution >= 4 is 17.8 Å². The second-order valence-corrected chi connectivity index (χ2v) is 5.34. The van der Waals surface area contributed by atoms with Gasteiger partial charge in [-0.2, -0.15) is 0 Å². The highest BCUT2D eigenvalue weighted by atomic mass is 16.4. The second kappa shape index (κ2) is 6.21. The first-order chi connectivity index (χ1) is 9.52. The highest BCUT2D eigenvalue weighted by Crippen LogP contribution is 2.40. The zero-order valence-electron chi connectivity index (χ0n) is 11.7. The minimum absolute atomic E-state index is 0.000380. The Morgan fingerprint density at radius 1 is 1.15 bits per heavy atom. The van der Waals surface area contributed by atoms with Gasteiger partial charge in [0.05, 0.1) is 18.4 Å². The molecule has 0 unspecified atom stereocenters. The first-order valence-corrected chi connectivity index (χ1v) is 7.03. The summed E-state index contributed by atoms with van der Waals surface area (Å²) in [5, 5.41) is 11.6. The standard InChI is InChI=1S/C13H21N3O4/c1-2-14-11(17)8-15-3-5-16(6-4-15)12(18)9-7-10(9)13(19)20/h9-10H,2-8H2,1H3,(H,14,17)(H,19,20)/t9-,10+/m1/s1. The molecule has 0 aromatic heterocycles. The lowest BCUT2D eigenvalue weighted by Gasteiger charge is -2.34. The molecule has 2 rings (SSSR count). The maximum absolute atomic E-state index is 12.1. The number of aliphatic carboxylic acids is 1. The molecule has 0 bridgehead atoms. The van der Waals surface area contributed by atoms with Crippen molar-refractivity contribution < 1.29 is 19.5 Å². The molecule has 0 aromatic rings. The molecule has 7 heteroatoms. The van der Waals surface area contributed by atoms with Gasteiger partial charge in [-0.15, -0.1) is 0 Å². The Balaban J connectivity index is 1.73. The van der Waals surface area contributed by atoms with Crippen LogP contribution in [0.2, 0.25) is 0 Å². The first-order valence-electron chi connectivity index (χ1n) is 7.03. The fourth-order valence-electron chi connectivity index (χ4n) is 2.56. The summed E-state index contributed by atoms with van der Waals surface area (Å²) in [6.07, 6.45) is 0.466. The number of nitrogens with one attached hydrogen (secondary N) is 1. The van der Waals surface area contributed by atoms with E-state index >= 15 is 0 Å². The zero-order valence-corrected chi connectivity index (χ0v) is 11.7. The number of carbonyl (C=O) groups is 3. The van der Waals surface area contributed by atoms with Crippen LogP contribution in [0.5, 0.6) is 0 Å². The number of piperazine rings is 1. The molecule has 0 aromatic carbocycles. The van der Waals surface area contributed by atoms with Gasteiger partial charge in [0.2, 0.25) is 11.8 Å². The maximum Gasteiger partial charge on any atom is 0.307 e. The highest BCUT2D eigenvalue weighted by molar-refractivity contribution is 5.89. The summed E-state index contributed by atoms with van der Waals surface area (Å²) < 4.78 is 0. The zero-order chi connectivity index (χ0) is 14.7. The van der Waals surface area contributed by atoms with Crippen molar-refractivity contribution in [1.29, 1.82) is 0 Å². The number of nitrogens with zero attached hydrogens (tertiary/aromatic N) is 2. The van der Waals surface area contributed by atoms with Gasteiger partial charge in [-0.1, -0.05) is 0 Å². The lowest BCUT2D eigenvalue weighted by atomic mass is 10.2. The van der Waals surface area contributed by atoms with Gasteiger partial charge in [-0.25, -0.2) is 0 Å². The molecule has 1 heterocycles. The van der Waals surface area contributed by atoms with E-state index in [1.807, 2.05) is 11.8 Å². The molecule has 2 aliphatic rings. The number of rotatable bonds is 5. The molecule has 0 spiro atoms. The molecular weight excluding hydrogens is 262 g/mol. The minimum atomic E-state index is -0.877. The predicted molar refractivity (Wildman–Crippen MR) is 70.9 cm³/mol. The summed E-state index contributed by atoms with van der Waals surface area (Å²) in [5.74, 6) is -1.74.